The summed E-state index contributed by atoms with van der Waals surface area (Å²) in [5.74, 6) is 0. The molecule has 0 aliphatic heterocycles. The zero-order valence-corrected chi connectivity index (χ0v) is 8.52. The van der Waals surface area contributed by atoms with Gasteiger partial charge in [0.05, 0.1) is 0 Å². The average molecular weight is 193 g/mol. The van der Waals surface area contributed by atoms with Gasteiger partial charge in [0, 0.05) is 4.86 Å². The molecule has 1 aromatic rings. The second-order valence-corrected chi connectivity index (χ2v) is 3.53. The van der Waals surface area contributed by atoms with Crippen LogP contribution in [0.2, 0.25) is 0 Å². The van der Waals surface area contributed by atoms with Crippen molar-refractivity contribution in [2.24, 2.45) is 5.73 Å². The van der Waals surface area contributed by atoms with Crippen LogP contribution in [0.15, 0.2) is 30.3 Å². The Labute approximate surface area is 85.0 Å². The topological polar surface area (TPSA) is 26.0 Å². The lowest BCUT2D eigenvalue weighted by molar-refractivity contribution is 0.776. The van der Waals surface area contributed by atoms with Crippen molar-refractivity contribution >= 4 is 17.1 Å². The normalized spacial score (nSPS) is 9.92. The predicted molar refractivity (Wildman–Crippen MR) is 61.0 cm³/mol. The van der Waals surface area contributed by atoms with E-state index in [9.17, 15) is 0 Å². The number of hydrogen-bond acceptors (Lipinski definition) is 2. The van der Waals surface area contributed by atoms with E-state index in [4.69, 9.17) is 18.0 Å². The highest BCUT2D eigenvalue weighted by Gasteiger charge is 1.98. The second kappa shape index (κ2) is 5.84. The van der Waals surface area contributed by atoms with Gasteiger partial charge in [-0.15, -0.1) is 0 Å². The molecule has 13 heavy (non-hydrogen) atoms. The van der Waals surface area contributed by atoms with Gasteiger partial charge in [0.15, 0.2) is 0 Å². The minimum atomic E-state index is 0.761. The summed E-state index contributed by atoms with van der Waals surface area (Å²) in [6.07, 6.45) is 3.15. The third-order valence-electron chi connectivity index (χ3n) is 1.95. The Morgan fingerprint density at radius 2 is 1.85 bits per heavy atom. The van der Waals surface area contributed by atoms with Gasteiger partial charge in [0.2, 0.25) is 0 Å². The smallest absolute Gasteiger partial charge is 0.0224 e. The maximum atomic E-state index is 5.41. The van der Waals surface area contributed by atoms with Gasteiger partial charge in [-0.1, -0.05) is 42.5 Å². The van der Waals surface area contributed by atoms with Crippen LogP contribution in [-0.4, -0.2) is 11.4 Å². The van der Waals surface area contributed by atoms with Crippen LogP contribution in [0.5, 0.6) is 0 Å². The lowest BCUT2D eigenvalue weighted by Crippen LogP contribution is -2.01. The molecule has 0 fully saturated rings. The molecule has 0 unspecified atom stereocenters. The average Bonchev–Trinajstić information content (AvgIpc) is 2.19. The van der Waals surface area contributed by atoms with E-state index in [1.807, 2.05) is 18.2 Å². The third kappa shape index (κ3) is 3.66. The third-order valence-corrected chi connectivity index (χ3v) is 2.39. The summed E-state index contributed by atoms with van der Waals surface area (Å²) in [6, 6.07) is 10.2. The predicted octanol–water partition coefficient (Wildman–Crippen LogP) is 2.53. The van der Waals surface area contributed by atoms with Crippen LogP contribution in [0.25, 0.3) is 0 Å². The number of thiocarbonyl (C=S) groups is 1. The van der Waals surface area contributed by atoms with Crippen molar-refractivity contribution in [3.8, 4) is 0 Å². The van der Waals surface area contributed by atoms with Crippen molar-refractivity contribution < 1.29 is 0 Å². The molecule has 1 nitrogen and oxygen atoms in total. The number of rotatable bonds is 5. The summed E-state index contributed by atoms with van der Waals surface area (Å²) in [5, 5.41) is 0. The van der Waals surface area contributed by atoms with Crippen LogP contribution in [0, 0.1) is 0 Å². The van der Waals surface area contributed by atoms with E-state index in [1.54, 1.807) is 0 Å². The number of benzene rings is 1. The van der Waals surface area contributed by atoms with E-state index in [1.165, 1.54) is 5.56 Å². The molecule has 1 aromatic carbocycles. The zero-order valence-electron chi connectivity index (χ0n) is 7.70. The Morgan fingerprint density at radius 3 is 2.46 bits per heavy atom. The largest absolute Gasteiger partial charge is 0.330 e. The molecule has 0 radical (unpaired) electrons. The standard InChI is InChI=1S/C11H15NS/c12-9-5-4-8-11(13)10-6-2-1-3-7-10/h1-3,6-7H,4-5,8-9,12H2. The van der Waals surface area contributed by atoms with Crippen molar-refractivity contribution in [3.05, 3.63) is 35.9 Å². The van der Waals surface area contributed by atoms with Crippen molar-refractivity contribution in [2.75, 3.05) is 6.54 Å². The Hall–Kier alpha value is -0.730. The number of unbranched alkanes of at least 4 members (excludes halogenated alkanes) is 1. The molecule has 0 saturated carbocycles. The molecule has 0 aliphatic rings. The van der Waals surface area contributed by atoms with E-state index in [0.717, 1.165) is 30.7 Å². The van der Waals surface area contributed by atoms with Crippen LogP contribution in [0.1, 0.15) is 24.8 Å². The highest BCUT2D eigenvalue weighted by molar-refractivity contribution is 7.80. The monoisotopic (exact) mass is 193 g/mol. The number of nitrogens with two attached hydrogens (primary N) is 1. The van der Waals surface area contributed by atoms with Crippen molar-refractivity contribution in [2.45, 2.75) is 19.3 Å². The Bertz CT molecular complexity index is 256. The molecule has 0 atom stereocenters. The summed E-state index contributed by atoms with van der Waals surface area (Å²) in [6.45, 7) is 0.761. The Morgan fingerprint density at radius 1 is 1.15 bits per heavy atom. The fourth-order valence-corrected chi connectivity index (χ4v) is 1.48. The molecule has 0 saturated heterocycles. The SMILES string of the molecule is NCCCCC(=S)c1ccccc1. The van der Waals surface area contributed by atoms with Gasteiger partial charge in [0.25, 0.3) is 0 Å². The van der Waals surface area contributed by atoms with Gasteiger partial charge in [-0.3, -0.25) is 0 Å². The van der Waals surface area contributed by atoms with Gasteiger partial charge >= 0.3 is 0 Å². The molecule has 1 rings (SSSR count). The Balaban J connectivity index is 2.40. The molecular formula is C11H15NS. The van der Waals surface area contributed by atoms with Gasteiger partial charge in [0.1, 0.15) is 0 Å². The van der Waals surface area contributed by atoms with Crippen LogP contribution >= 0.6 is 12.2 Å². The maximum absolute atomic E-state index is 5.41. The molecule has 0 spiro atoms. The molecule has 0 aromatic heterocycles. The summed E-state index contributed by atoms with van der Waals surface area (Å²) >= 11 is 5.29. The minimum absolute atomic E-state index is 0.761. The first-order valence-corrected chi connectivity index (χ1v) is 5.03. The summed E-state index contributed by atoms with van der Waals surface area (Å²) in [5.41, 5.74) is 6.59. The molecule has 0 heterocycles. The van der Waals surface area contributed by atoms with Crippen LogP contribution in [0.4, 0.5) is 0 Å². The fourth-order valence-electron chi connectivity index (χ4n) is 1.20. The van der Waals surface area contributed by atoms with Crippen LogP contribution < -0.4 is 5.73 Å². The molecular weight excluding hydrogens is 178 g/mol. The van der Waals surface area contributed by atoms with Crippen LogP contribution in [-0.2, 0) is 0 Å². The quantitative estimate of drug-likeness (QED) is 0.442. The van der Waals surface area contributed by atoms with Gasteiger partial charge in [-0.05, 0) is 31.4 Å². The molecule has 2 N–H and O–H groups in total. The van der Waals surface area contributed by atoms with E-state index >= 15 is 0 Å². The van der Waals surface area contributed by atoms with Gasteiger partial charge < -0.3 is 5.73 Å². The van der Waals surface area contributed by atoms with Gasteiger partial charge in [-0.2, -0.15) is 0 Å². The first kappa shape index (κ1) is 10.4. The highest BCUT2D eigenvalue weighted by atomic mass is 32.1. The number of hydrogen-bond donors (Lipinski definition) is 1. The van der Waals surface area contributed by atoms with E-state index in [0.29, 0.717) is 0 Å². The first-order chi connectivity index (χ1) is 6.34. The van der Waals surface area contributed by atoms with E-state index in [-0.39, 0.29) is 0 Å². The molecule has 0 amide bonds. The molecule has 70 valence electrons. The Kier molecular flexibility index (Phi) is 4.65. The second-order valence-electron chi connectivity index (χ2n) is 3.03. The zero-order chi connectivity index (χ0) is 9.52. The summed E-state index contributed by atoms with van der Waals surface area (Å²) < 4.78 is 0. The lowest BCUT2D eigenvalue weighted by atomic mass is 10.1. The summed E-state index contributed by atoms with van der Waals surface area (Å²) in [7, 11) is 0. The van der Waals surface area contributed by atoms with Crippen LogP contribution in [0.3, 0.4) is 0 Å². The molecule has 0 aliphatic carbocycles. The van der Waals surface area contributed by atoms with Crippen molar-refractivity contribution in [1.29, 1.82) is 0 Å². The van der Waals surface area contributed by atoms with Crippen molar-refractivity contribution in [3.63, 3.8) is 0 Å². The van der Waals surface area contributed by atoms with E-state index < -0.39 is 0 Å². The lowest BCUT2D eigenvalue weighted by Gasteiger charge is -2.02. The van der Waals surface area contributed by atoms with E-state index in [2.05, 4.69) is 12.1 Å². The van der Waals surface area contributed by atoms with Gasteiger partial charge in [-0.25, -0.2) is 0 Å². The molecule has 2 heteroatoms. The minimum Gasteiger partial charge on any atom is -0.330 e. The maximum Gasteiger partial charge on any atom is 0.0224 e. The molecule has 0 bridgehead atoms. The first-order valence-electron chi connectivity index (χ1n) is 4.63. The van der Waals surface area contributed by atoms with Crippen molar-refractivity contribution in [1.82, 2.24) is 0 Å². The summed E-state index contributed by atoms with van der Waals surface area (Å²) in [4.78, 5) is 1.05. The fraction of sp³-hybridized carbons (Fsp3) is 0.364. The highest BCUT2D eigenvalue weighted by Crippen LogP contribution is 2.07.